The minimum absolute atomic E-state index is 0.469. The van der Waals surface area contributed by atoms with Gasteiger partial charge in [-0.05, 0) is 69.9 Å². The van der Waals surface area contributed by atoms with E-state index in [1.165, 1.54) is 51.5 Å². The predicted molar refractivity (Wildman–Crippen MR) is 88.1 cm³/mol. The zero-order valence-corrected chi connectivity index (χ0v) is 14.4. The van der Waals surface area contributed by atoms with Gasteiger partial charge in [0.15, 0.2) is 0 Å². The maximum atomic E-state index is 3.88. The minimum Gasteiger partial charge on any atom is -0.314 e. The summed E-state index contributed by atoms with van der Waals surface area (Å²) in [4.78, 5) is 2.66. The van der Waals surface area contributed by atoms with Crippen molar-refractivity contribution in [2.75, 3.05) is 13.6 Å². The van der Waals surface area contributed by atoms with E-state index in [1.54, 1.807) is 0 Å². The fraction of sp³-hybridized carbons (Fsp3) is 1.00. The predicted octanol–water partition coefficient (Wildman–Crippen LogP) is 4.05. The van der Waals surface area contributed by atoms with Crippen molar-refractivity contribution < 1.29 is 0 Å². The van der Waals surface area contributed by atoms with Crippen LogP contribution in [0.1, 0.15) is 72.6 Å². The summed E-state index contributed by atoms with van der Waals surface area (Å²) in [5.74, 6) is 0.914. The van der Waals surface area contributed by atoms with Crippen molar-refractivity contribution in [1.82, 2.24) is 10.2 Å². The van der Waals surface area contributed by atoms with Gasteiger partial charge in [-0.1, -0.05) is 27.7 Å². The quantitative estimate of drug-likeness (QED) is 0.789. The molecule has 3 unspecified atom stereocenters. The van der Waals surface area contributed by atoms with Crippen LogP contribution in [0, 0.1) is 11.3 Å². The van der Waals surface area contributed by atoms with E-state index in [2.05, 4.69) is 45.0 Å². The number of nitrogens with zero attached hydrogens (tertiary/aromatic N) is 1. The fourth-order valence-corrected chi connectivity index (χ4v) is 4.20. The molecule has 3 atom stereocenters. The summed E-state index contributed by atoms with van der Waals surface area (Å²) in [7, 11) is 2.35. The second-order valence-corrected chi connectivity index (χ2v) is 8.44. The van der Waals surface area contributed by atoms with Crippen LogP contribution in [-0.4, -0.2) is 36.6 Å². The van der Waals surface area contributed by atoms with E-state index in [4.69, 9.17) is 0 Å². The first kappa shape index (κ1) is 16.3. The van der Waals surface area contributed by atoms with Crippen LogP contribution in [0.5, 0.6) is 0 Å². The summed E-state index contributed by atoms with van der Waals surface area (Å²) in [6.07, 6.45) is 9.70. The van der Waals surface area contributed by atoms with Gasteiger partial charge in [0.2, 0.25) is 0 Å². The van der Waals surface area contributed by atoms with Crippen molar-refractivity contribution in [3.63, 3.8) is 0 Å². The van der Waals surface area contributed by atoms with E-state index in [-0.39, 0.29) is 0 Å². The molecule has 2 heterocycles. The maximum Gasteiger partial charge on any atom is 0.00989 e. The topological polar surface area (TPSA) is 15.3 Å². The van der Waals surface area contributed by atoms with Gasteiger partial charge < -0.3 is 10.2 Å². The third-order valence-electron chi connectivity index (χ3n) is 5.57. The normalized spacial score (nSPS) is 32.5. The van der Waals surface area contributed by atoms with E-state index in [0.717, 1.165) is 24.0 Å². The lowest BCUT2D eigenvalue weighted by Crippen LogP contribution is -2.47. The van der Waals surface area contributed by atoms with E-state index in [9.17, 15) is 0 Å². The molecule has 2 bridgehead atoms. The van der Waals surface area contributed by atoms with Crippen molar-refractivity contribution in [1.29, 1.82) is 0 Å². The number of rotatable bonds is 6. The number of hydrogen-bond acceptors (Lipinski definition) is 2. The van der Waals surface area contributed by atoms with Gasteiger partial charge >= 0.3 is 0 Å². The fourth-order valence-electron chi connectivity index (χ4n) is 4.20. The van der Waals surface area contributed by atoms with Crippen molar-refractivity contribution >= 4 is 0 Å². The molecule has 2 heteroatoms. The molecule has 118 valence electrons. The minimum atomic E-state index is 0.469. The molecule has 0 aliphatic carbocycles. The van der Waals surface area contributed by atoms with Gasteiger partial charge in [0, 0.05) is 18.1 Å². The molecule has 2 aliphatic heterocycles. The van der Waals surface area contributed by atoms with Crippen molar-refractivity contribution in [2.24, 2.45) is 11.3 Å². The highest BCUT2D eigenvalue weighted by Crippen LogP contribution is 2.40. The highest BCUT2D eigenvalue weighted by molar-refractivity contribution is 4.96. The highest BCUT2D eigenvalue weighted by Gasteiger charge is 2.40. The van der Waals surface area contributed by atoms with Crippen molar-refractivity contribution in [3.05, 3.63) is 0 Å². The summed E-state index contributed by atoms with van der Waals surface area (Å²) < 4.78 is 0. The highest BCUT2D eigenvalue weighted by atomic mass is 15.2. The number of nitrogens with one attached hydrogen (secondary N) is 1. The first-order chi connectivity index (χ1) is 9.40. The van der Waals surface area contributed by atoms with Crippen LogP contribution in [0.3, 0.4) is 0 Å². The molecule has 0 radical (unpaired) electrons. The summed E-state index contributed by atoms with van der Waals surface area (Å²) in [6.45, 7) is 10.6. The Balaban J connectivity index is 1.92. The van der Waals surface area contributed by atoms with Crippen LogP contribution in [-0.2, 0) is 0 Å². The van der Waals surface area contributed by atoms with Crippen LogP contribution in [0.25, 0.3) is 0 Å². The Bertz CT molecular complexity index is 280. The first-order valence-electron chi connectivity index (χ1n) is 8.86. The Morgan fingerprint density at radius 1 is 1.15 bits per heavy atom. The molecule has 0 saturated carbocycles. The summed E-state index contributed by atoms with van der Waals surface area (Å²) in [6, 6.07) is 2.50. The van der Waals surface area contributed by atoms with Crippen LogP contribution in [0.15, 0.2) is 0 Å². The van der Waals surface area contributed by atoms with E-state index >= 15 is 0 Å². The first-order valence-corrected chi connectivity index (χ1v) is 8.86. The smallest absolute Gasteiger partial charge is 0.00989 e. The third-order valence-corrected chi connectivity index (χ3v) is 5.57. The van der Waals surface area contributed by atoms with Gasteiger partial charge in [0.1, 0.15) is 0 Å². The Hall–Kier alpha value is -0.0800. The molecule has 2 rings (SSSR count). The Morgan fingerprint density at radius 3 is 2.25 bits per heavy atom. The average Bonchev–Trinajstić information content (AvgIpc) is 2.61. The molecular formula is C18H36N2. The van der Waals surface area contributed by atoms with Crippen molar-refractivity contribution in [3.8, 4) is 0 Å². The molecule has 1 N–H and O–H groups in total. The molecule has 20 heavy (non-hydrogen) atoms. The lowest BCUT2D eigenvalue weighted by Gasteiger charge is -2.40. The van der Waals surface area contributed by atoms with E-state index in [1.807, 2.05) is 0 Å². The van der Waals surface area contributed by atoms with Gasteiger partial charge in [-0.2, -0.15) is 0 Å². The Morgan fingerprint density at radius 2 is 1.75 bits per heavy atom. The average molecular weight is 280 g/mol. The molecule has 0 aromatic heterocycles. The zero-order valence-electron chi connectivity index (χ0n) is 14.4. The molecular weight excluding hydrogens is 244 g/mol. The Kier molecular flexibility index (Phi) is 5.53. The Labute approximate surface area is 126 Å². The molecule has 2 saturated heterocycles. The van der Waals surface area contributed by atoms with Gasteiger partial charge in [0.05, 0.1) is 0 Å². The van der Waals surface area contributed by atoms with Gasteiger partial charge in [0.25, 0.3) is 0 Å². The SMILES string of the molecule is CCCNC(CCC(C)(C)C)C1CC2CCC(C1)N2C. The molecule has 2 nitrogen and oxygen atoms in total. The summed E-state index contributed by atoms with van der Waals surface area (Å²) >= 11 is 0. The molecule has 0 spiro atoms. The molecule has 2 fully saturated rings. The molecule has 0 amide bonds. The number of fused-ring (bicyclic) bond motifs is 2. The van der Waals surface area contributed by atoms with E-state index in [0.29, 0.717) is 5.41 Å². The van der Waals surface area contributed by atoms with Crippen LogP contribution >= 0.6 is 0 Å². The number of hydrogen-bond donors (Lipinski definition) is 1. The summed E-state index contributed by atoms with van der Waals surface area (Å²) in [5, 5.41) is 3.88. The third kappa shape index (κ3) is 4.21. The van der Waals surface area contributed by atoms with Crippen LogP contribution in [0.2, 0.25) is 0 Å². The molecule has 0 aromatic rings. The zero-order chi connectivity index (χ0) is 14.8. The maximum absolute atomic E-state index is 3.88. The lowest BCUT2D eigenvalue weighted by atomic mass is 9.80. The van der Waals surface area contributed by atoms with Gasteiger partial charge in [-0.15, -0.1) is 0 Å². The molecule has 0 aromatic carbocycles. The second kappa shape index (κ2) is 6.79. The van der Waals surface area contributed by atoms with Gasteiger partial charge in [-0.25, -0.2) is 0 Å². The molecule has 2 aliphatic rings. The largest absolute Gasteiger partial charge is 0.314 e. The standard InChI is InChI=1S/C18H36N2/c1-6-11-19-17(9-10-18(2,3)4)14-12-15-7-8-16(13-14)20(15)5/h14-17,19H,6-13H2,1-5H3. The van der Waals surface area contributed by atoms with E-state index < -0.39 is 0 Å². The van der Waals surface area contributed by atoms with Gasteiger partial charge in [-0.3, -0.25) is 0 Å². The monoisotopic (exact) mass is 280 g/mol. The van der Waals surface area contributed by atoms with Crippen molar-refractivity contribution in [2.45, 2.75) is 90.8 Å². The lowest BCUT2D eigenvalue weighted by molar-refractivity contribution is 0.106. The van der Waals surface area contributed by atoms with Crippen LogP contribution < -0.4 is 5.32 Å². The number of piperidine rings is 1. The van der Waals surface area contributed by atoms with Crippen LogP contribution in [0.4, 0.5) is 0 Å². The second-order valence-electron chi connectivity index (χ2n) is 8.44. The summed E-state index contributed by atoms with van der Waals surface area (Å²) in [5.41, 5.74) is 0.469.